The van der Waals surface area contributed by atoms with Crippen molar-refractivity contribution in [1.82, 2.24) is 0 Å². The van der Waals surface area contributed by atoms with Crippen LogP contribution in [0.4, 0.5) is 0 Å². The summed E-state index contributed by atoms with van der Waals surface area (Å²) < 4.78 is 0. The summed E-state index contributed by atoms with van der Waals surface area (Å²) in [6.45, 7) is 2.25. The molecule has 0 radical (unpaired) electrons. The van der Waals surface area contributed by atoms with E-state index in [4.69, 9.17) is 11.5 Å². The average molecular weight is 174 g/mol. The summed E-state index contributed by atoms with van der Waals surface area (Å²) in [5.74, 6) is 0.345. The maximum Gasteiger partial charge on any atom is 0.338 e. The molecule has 0 fully saturated rings. The second kappa shape index (κ2) is 5.54. The SMILES string of the molecule is CC(=O)[C@@H]([NH3+])CCC[NH+]=C(N)N. The van der Waals surface area contributed by atoms with Crippen LogP contribution in [-0.2, 0) is 4.79 Å². The van der Waals surface area contributed by atoms with E-state index in [1.807, 2.05) is 0 Å². The van der Waals surface area contributed by atoms with Crippen molar-refractivity contribution < 1.29 is 15.5 Å². The third kappa shape index (κ3) is 5.67. The first-order valence-electron chi connectivity index (χ1n) is 3.99. The molecule has 1 atom stereocenters. The van der Waals surface area contributed by atoms with E-state index in [0.29, 0.717) is 6.54 Å². The van der Waals surface area contributed by atoms with Crippen LogP contribution < -0.4 is 22.2 Å². The quantitative estimate of drug-likeness (QED) is 0.196. The van der Waals surface area contributed by atoms with Gasteiger partial charge in [-0.05, 0) is 6.42 Å². The number of Topliss-reactive ketones (excluding diaryl/α,β-unsaturated/α-hetero) is 1. The van der Waals surface area contributed by atoms with Crippen LogP contribution in [-0.4, -0.2) is 24.3 Å². The summed E-state index contributed by atoms with van der Waals surface area (Å²) in [6.07, 6.45) is 1.63. The first kappa shape index (κ1) is 10.9. The fourth-order valence-corrected chi connectivity index (χ4v) is 0.784. The van der Waals surface area contributed by atoms with Crippen LogP contribution in [0.2, 0.25) is 0 Å². The Balaban J connectivity index is 3.44. The fourth-order valence-electron chi connectivity index (χ4n) is 0.784. The molecule has 5 nitrogen and oxygen atoms in total. The Hall–Kier alpha value is -1.10. The molecule has 0 spiro atoms. The highest BCUT2D eigenvalue weighted by Gasteiger charge is 2.10. The Labute approximate surface area is 72.0 Å². The second-order valence-corrected chi connectivity index (χ2v) is 2.83. The van der Waals surface area contributed by atoms with Crippen LogP contribution in [0.3, 0.4) is 0 Å². The molecule has 0 saturated carbocycles. The van der Waals surface area contributed by atoms with E-state index in [0.717, 1.165) is 12.8 Å². The van der Waals surface area contributed by atoms with Gasteiger partial charge in [0, 0.05) is 13.3 Å². The van der Waals surface area contributed by atoms with Crippen molar-refractivity contribution in [2.45, 2.75) is 25.8 Å². The number of guanidine groups is 1. The van der Waals surface area contributed by atoms with Crippen LogP contribution in [0.5, 0.6) is 0 Å². The molecule has 0 aliphatic rings. The Kier molecular flexibility index (Phi) is 5.03. The van der Waals surface area contributed by atoms with Gasteiger partial charge in [-0.25, -0.2) is 0 Å². The van der Waals surface area contributed by atoms with Crippen molar-refractivity contribution >= 4 is 11.7 Å². The molecular formula is C7H18N4O+2. The van der Waals surface area contributed by atoms with Gasteiger partial charge in [0.15, 0.2) is 5.78 Å². The van der Waals surface area contributed by atoms with Gasteiger partial charge in [0.2, 0.25) is 0 Å². The van der Waals surface area contributed by atoms with E-state index in [2.05, 4.69) is 10.7 Å². The van der Waals surface area contributed by atoms with Gasteiger partial charge >= 0.3 is 5.96 Å². The molecule has 5 heteroatoms. The summed E-state index contributed by atoms with van der Waals surface area (Å²) in [7, 11) is 0. The Morgan fingerprint density at radius 2 is 2.17 bits per heavy atom. The average Bonchev–Trinajstić information content (AvgIpc) is 1.97. The molecule has 0 aliphatic carbocycles. The Morgan fingerprint density at radius 1 is 1.58 bits per heavy atom. The van der Waals surface area contributed by atoms with Crippen molar-refractivity contribution in [3.8, 4) is 0 Å². The lowest BCUT2D eigenvalue weighted by atomic mass is 10.1. The highest BCUT2D eigenvalue weighted by molar-refractivity contribution is 5.79. The van der Waals surface area contributed by atoms with Crippen molar-refractivity contribution in [1.29, 1.82) is 0 Å². The zero-order valence-corrected chi connectivity index (χ0v) is 7.47. The van der Waals surface area contributed by atoms with Gasteiger partial charge in [-0.15, -0.1) is 0 Å². The van der Waals surface area contributed by atoms with Gasteiger partial charge in [0.05, 0.1) is 6.54 Å². The topological polar surface area (TPSA) is 111 Å². The number of ketones is 1. The first-order valence-corrected chi connectivity index (χ1v) is 3.99. The zero-order valence-electron chi connectivity index (χ0n) is 7.47. The van der Waals surface area contributed by atoms with Crippen LogP contribution in [0.25, 0.3) is 0 Å². The molecular weight excluding hydrogens is 156 g/mol. The van der Waals surface area contributed by atoms with Crippen molar-refractivity contribution in [2.75, 3.05) is 6.54 Å². The molecule has 0 aliphatic heterocycles. The van der Waals surface area contributed by atoms with Crippen LogP contribution in [0.15, 0.2) is 0 Å². The van der Waals surface area contributed by atoms with E-state index < -0.39 is 0 Å². The summed E-state index contributed by atoms with van der Waals surface area (Å²) in [5, 5.41) is 0. The molecule has 12 heavy (non-hydrogen) atoms. The third-order valence-electron chi connectivity index (χ3n) is 1.63. The van der Waals surface area contributed by atoms with Gasteiger partial charge in [-0.3, -0.25) is 21.3 Å². The molecule has 0 bridgehead atoms. The molecule has 0 aromatic carbocycles. The van der Waals surface area contributed by atoms with E-state index in [1.54, 1.807) is 6.92 Å². The van der Waals surface area contributed by atoms with Crippen LogP contribution >= 0.6 is 0 Å². The maximum absolute atomic E-state index is 10.7. The number of nitrogens with one attached hydrogen (secondary N) is 1. The van der Waals surface area contributed by atoms with E-state index in [9.17, 15) is 4.79 Å². The molecule has 0 aromatic rings. The van der Waals surface area contributed by atoms with E-state index in [-0.39, 0.29) is 17.8 Å². The fraction of sp³-hybridized carbons (Fsp3) is 0.714. The Bertz CT molecular complexity index is 174. The van der Waals surface area contributed by atoms with Gasteiger partial charge < -0.3 is 5.73 Å². The van der Waals surface area contributed by atoms with Crippen molar-refractivity contribution in [3.05, 3.63) is 0 Å². The number of hydrogen-bond acceptors (Lipinski definition) is 1. The maximum atomic E-state index is 10.7. The summed E-state index contributed by atoms with van der Waals surface area (Å²) in [5.41, 5.74) is 14.0. The van der Waals surface area contributed by atoms with E-state index in [1.165, 1.54) is 0 Å². The zero-order chi connectivity index (χ0) is 9.56. The predicted octanol–water partition coefficient (Wildman–Crippen LogP) is -3.68. The van der Waals surface area contributed by atoms with Gasteiger partial charge in [0.1, 0.15) is 6.04 Å². The number of rotatable bonds is 5. The standard InChI is InChI=1S/C7H16N4O/c1-5(12)6(8)3-2-4-11-7(9)10/h6H,2-4,8H2,1H3,(H4,9,10,11)/p+2/t6-/m0/s1. The van der Waals surface area contributed by atoms with Crippen molar-refractivity contribution in [3.63, 3.8) is 0 Å². The summed E-state index contributed by atoms with van der Waals surface area (Å²) in [6, 6.07) is -0.106. The normalized spacial score (nSPS) is 12.2. The highest BCUT2D eigenvalue weighted by atomic mass is 16.1. The van der Waals surface area contributed by atoms with E-state index >= 15 is 0 Å². The monoisotopic (exact) mass is 174 g/mol. The number of carbonyl (C=O) groups excluding carboxylic acids is 1. The highest BCUT2D eigenvalue weighted by Crippen LogP contribution is 1.90. The lowest BCUT2D eigenvalue weighted by Gasteiger charge is -2.01. The lowest BCUT2D eigenvalue weighted by molar-refractivity contribution is -0.463. The van der Waals surface area contributed by atoms with Gasteiger partial charge in [-0.1, -0.05) is 0 Å². The van der Waals surface area contributed by atoms with Gasteiger partial charge in [-0.2, -0.15) is 0 Å². The first-order chi connectivity index (χ1) is 5.54. The summed E-state index contributed by atoms with van der Waals surface area (Å²) >= 11 is 0. The molecule has 0 rings (SSSR count). The van der Waals surface area contributed by atoms with Crippen LogP contribution in [0, 0.1) is 0 Å². The van der Waals surface area contributed by atoms with Crippen LogP contribution in [0.1, 0.15) is 19.8 Å². The molecule has 0 unspecified atom stereocenters. The number of quaternary nitrogens is 1. The largest absolute Gasteiger partial charge is 0.349 e. The number of carbonyl (C=O) groups is 1. The lowest BCUT2D eigenvalue weighted by Crippen LogP contribution is -2.78. The smallest absolute Gasteiger partial charge is 0.338 e. The third-order valence-corrected chi connectivity index (χ3v) is 1.63. The minimum Gasteiger partial charge on any atom is -0.349 e. The Morgan fingerprint density at radius 3 is 2.58 bits per heavy atom. The number of hydrogen-bond donors (Lipinski definition) is 4. The predicted molar refractivity (Wildman–Crippen MR) is 45.8 cm³/mol. The minimum atomic E-state index is -0.106. The minimum absolute atomic E-state index is 0.106. The van der Waals surface area contributed by atoms with Crippen molar-refractivity contribution in [2.24, 2.45) is 11.5 Å². The molecule has 0 heterocycles. The molecule has 0 saturated heterocycles. The molecule has 70 valence electrons. The molecule has 0 aromatic heterocycles. The molecule has 0 amide bonds. The number of nitrogens with two attached hydrogens (primary N) is 2. The van der Waals surface area contributed by atoms with Gasteiger partial charge in [0.25, 0.3) is 0 Å². The second-order valence-electron chi connectivity index (χ2n) is 2.83. The summed E-state index contributed by atoms with van der Waals surface area (Å²) in [4.78, 5) is 13.5. The molecule has 8 N–H and O–H groups in total.